The molecule has 2 amide bonds. The van der Waals surface area contributed by atoms with Gasteiger partial charge in [0, 0.05) is 13.1 Å². The summed E-state index contributed by atoms with van der Waals surface area (Å²) in [6.07, 6.45) is 0. The van der Waals surface area contributed by atoms with E-state index in [-0.39, 0.29) is 6.03 Å². The van der Waals surface area contributed by atoms with Gasteiger partial charge >= 0.3 is 6.03 Å². The molecule has 0 fully saturated rings. The number of hydrogen-bond acceptors (Lipinski definition) is 2. The maximum Gasteiger partial charge on any atom is 0.314 e. The van der Waals surface area contributed by atoms with Crippen molar-refractivity contribution in [1.29, 1.82) is 0 Å². The van der Waals surface area contributed by atoms with Crippen molar-refractivity contribution in [3.05, 3.63) is 12.2 Å². The fraction of sp³-hybridized carbons (Fsp3) is 0.667. The minimum absolute atomic E-state index is 0.151. The molecule has 0 bridgehead atoms. The van der Waals surface area contributed by atoms with Crippen molar-refractivity contribution < 1.29 is 9.53 Å². The standard InChI is InChI=1S/C9H18N2O2/c1-4-10-9(12)11-5-6-13-7-8(2)3/h2,4-7H2,1,3H3,(H2,10,11,12). The van der Waals surface area contributed by atoms with Crippen LogP contribution >= 0.6 is 0 Å². The average molecular weight is 186 g/mol. The molecule has 0 atom stereocenters. The van der Waals surface area contributed by atoms with Gasteiger partial charge in [-0.15, -0.1) is 0 Å². The van der Waals surface area contributed by atoms with Crippen LogP contribution in [0.3, 0.4) is 0 Å². The van der Waals surface area contributed by atoms with Crippen molar-refractivity contribution in [1.82, 2.24) is 10.6 Å². The normalized spacial score (nSPS) is 9.38. The molecule has 0 saturated heterocycles. The van der Waals surface area contributed by atoms with E-state index < -0.39 is 0 Å². The lowest BCUT2D eigenvalue weighted by Gasteiger charge is -2.06. The van der Waals surface area contributed by atoms with Crippen molar-refractivity contribution in [2.24, 2.45) is 0 Å². The Hall–Kier alpha value is -1.03. The van der Waals surface area contributed by atoms with Gasteiger partial charge in [0.15, 0.2) is 0 Å². The van der Waals surface area contributed by atoms with Gasteiger partial charge in [0.1, 0.15) is 0 Å². The van der Waals surface area contributed by atoms with E-state index in [1.807, 2.05) is 13.8 Å². The Bertz CT molecular complexity index is 169. The minimum Gasteiger partial charge on any atom is -0.375 e. The van der Waals surface area contributed by atoms with E-state index in [1.54, 1.807) is 0 Å². The fourth-order valence-corrected chi connectivity index (χ4v) is 0.706. The zero-order chi connectivity index (χ0) is 10.1. The lowest BCUT2D eigenvalue weighted by molar-refractivity contribution is 0.158. The van der Waals surface area contributed by atoms with Crippen LogP contribution in [0.4, 0.5) is 4.79 Å². The summed E-state index contributed by atoms with van der Waals surface area (Å²) in [5.41, 5.74) is 0.984. The van der Waals surface area contributed by atoms with Gasteiger partial charge in [-0.3, -0.25) is 0 Å². The van der Waals surface area contributed by atoms with Crippen molar-refractivity contribution in [3.8, 4) is 0 Å². The highest BCUT2D eigenvalue weighted by atomic mass is 16.5. The third-order valence-corrected chi connectivity index (χ3v) is 1.22. The molecule has 76 valence electrons. The van der Waals surface area contributed by atoms with E-state index in [1.165, 1.54) is 0 Å². The van der Waals surface area contributed by atoms with Crippen LogP contribution in [-0.2, 0) is 4.74 Å². The first kappa shape index (κ1) is 12.0. The number of carbonyl (C=O) groups excluding carboxylic acids is 1. The highest BCUT2D eigenvalue weighted by Crippen LogP contribution is 1.86. The molecule has 0 spiro atoms. The summed E-state index contributed by atoms with van der Waals surface area (Å²) in [4.78, 5) is 10.8. The molecule has 0 heterocycles. The van der Waals surface area contributed by atoms with Gasteiger partial charge in [-0.25, -0.2) is 4.79 Å². The Balaban J connectivity index is 3.16. The molecule has 4 heteroatoms. The molecule has 0 radical (unpaired) electrons. The minimum atomic E-state index is -0.151. The second-order valence-corrected chi connectivity index (χ2v) is 2.80. The predicted molar refractivity (Wildman–Crippen MR) is 52.7 cm³/mol. The average Bonchev–Trinajstić information content (AvgIpc) is 2.03. The molecule has 13 heavy (non-hydrogen) atoms. The number of nitrogens with one attached hydrogen (secondary N) is 2. The summed E-state index contributed by atoms with van der Waals surface area (Å²) in [6, 6.07) is -0.151. The lowest BCUT2D eigenvalue weighted by Crippen LogP contribution is -2.37. The molecule has 4 nitrogen and oxygen atoms in total. The van der Waals surface area contributed by atoms with Crippen molar-refractivity contribution in [3.63, 3.8) is 0 Å². The van der Waals surface area contributed by atoms with E-state index >= 15 is 0 Å². The number of urea groups is 1. The Labute approximate surface area is 79.3 Å². The van der Waals surface area contributed by atoms with Gasteiger partial charge in [-0.2, -0.15) is 0 Å². The van der Waals surface area contributed by atoms with Crippen LogP contribution in [0.15, 0.2) is 12.2 Å². The molecule has 0 aliphatic carbocycles. The summed E-state index contributed by atoms with van der Waals surface area (Å²) in [7, 11) is 0. The molecule has 0 aromatic heterocycles. The molecule has 0 aromatic rings. The van der Waals surface area contributed by atoms with Crippen LogP contribution in [0.25, 0.3) is 0 Å². The molecule has 0 rings (SSSR count). The van der Waals surface area contributed by atoms with Gasteiger partial charge in [0.2, 0.25) is 0 Å². The molecule has 0 saturated carbocycles. The zero-order valence-corrected chi connectivity index (χ0v) is 8.35. The lowest BCUT2D eigenvalue weighted by atomic mass is 10.4. The first-order chi connectivity index (χ1) is 6.16. The van der Waals surface area contributed by atoms with Crippen LogP contribution < -0.4 is 10.6 Å². The van der Waals surface area contributed by atoms with Crippen molar-refractivity contribution in [2.45, 2.75) is 13.8 Å². The van der Waals surface area contributed by atoms with Crippen LogP contribution in [0, 0.1) is 0 Å². The number of hydrogen-bond donors (Lipinski definition) is 2. The summed E-state index contributed by atoms with van der Waals surface area (Å²) < 4.78 is 5.18. The second kappa shape index (κ2) is 7.61. The van der Waals surface area contributed by atoms with Crippen LogP contribution in [-0.4, -0.2) is 32.3 Å². The molecule has 0 aliphatic heterocycles. The van der Waals surface area contributed by atoms with Gasteiger partial charge in [-0.1, -0.05) is 12.2 Å². The summed E-state index contributed by atoms with van der Waals surface area (Å²) in [5, 5.41) is 5.27. The number of ether oxygens (including phenoxy) is 1. The fourth-order valence-electron chi connectivity index (χ4n) is 0.706. The number of amides is 2. The van der Waals surface area contributed by atoms with Crippen LogP contribution in [0.2, 0.25) is 0 Å². The van der Waals surface area contributed by atoms with Crippen LogP contribution in [0.5, 0.6) is 0 Å². The maximum absolute atomic E-state index is 10.8. The third-order valence-electron chi connectivity index (χ3n) is 1.22. The maximum atomic E-state index is 10.8. The summed E-state index contributed by atoms with van der Waals surface area (Å²) in [6.45, 7) is 9.70. The molecule has 0 aromatic carbocycles. The zero-order valence-electron chi connectivity index (χ0n) is 8.35. The van der Waals surface area contributed by atoms with Gasteiger partial charge in [0.25, 0.3) is 0 Å². The third kappa shape index (κ3) is 8.88. The quantitative estimate of drug-likeness (QED) is 0.478. The number of carbonyl (C=O) groups is 1. The SMILES string of the molecule is C=C(C)COCCNC(=O)NCC. The molecule has 2 N–H and O–H groups in total. The van der Waals surface area contributed by atoms with Gasteiger partial charge in [-0.05, 0) is 13.8 Å². The van der Waals surface area contributed by atoms with E-state index in [4.69, 9.17) is 4.74 Å². The molecular formula is C9H18N2O2. The number of rotatable bonds is 6. The Morgan fingerprint density at radius 2 is 2.15 bits per heavy atom. The van der Waals surface area contributed by atoms with Gasteiger partial charge in [0.05, 0.1) is 13.2 Å². The smallest absolute Gasteiger partial charge is 0.314 e. The summed E-state index contributed by atoms with van der Waals surface area (Å²) >= 11 is 0. The Morgan fingerprint density at radius 3 is 2.69 bits per heavy atom. The molecule has 0 aliphatic rings. The van der Waals surface area contributed by atoms with E-state index in [0.29, 0.717) is 26.3 Å². The van der Waals surface area contributed by atoms with Gasteiger partial charge < -0.3 is 15.4 Å². The Morgan fingerprint density at radius 1 is 1.46 bits per heavy atom. The van der Waals surface area contributed by atoms with Crippen molar-refractivity contribution >= 4 is 6.03 Å². The Kier molecular flexibility index (Phi) is 7.01. The van der Waals surface area contributed by atoms with E-state index in [9.17, 15) is 4.79 Å². The first-order valence-corrected chi connectivity index (χ1v) is 4.40. The largest absolute Gasteiger partial charge is 0.375 e. The second-order valence-electron chi connectivity index (χ2n) is 2.80. The topological polar surface area (TPSA) is 50.4 Å². The van der Waals surface area contributed by atoms with E-state index in [2.05, 4.69) is 17.2 Å². The highest BCUT2D eigenvalue weighted by molar-refractivity contribution is 5.73. The van der Waals surface area contributed by atoms with E-state index in [0.717, 1.165) is 5.57 Å². The van der Waals surface area contributed by atoms with Crippen LogP contribution in [0.1, 0.15) is 13.8 Å². The highest BCUT2D eigenvalue weighted by Gasteiger charge is 1.95. The monoisotopic (exact) mass is 186 g/mol. The summed E-state index contributed by atoms with van der Waals surface area (Å²) in [5.74, 6) is 0. The first-order valence-electron chi connectivity index (χ1n) is 4.40. The molecule has 0 unspecified atom stereocenters. The van der Waals surface area contributed by atoms with Crippen molar-refractivity contribution in [2.75, 3.05) is 26.3 Å². The predicted octanol–water partition coefficient (Wildman–Crippen LogP) is 0.898. The molecular weight excluding hydrogens is 168 g/mol.